The van der Waals surface area contributed by atoms with E-state index in [0.29, 0.717) is 6.04 Å². The van der Waals surface area contributed by atoms with Crippen LogP contribution in [0.1, 0.15) is 20.8 Å². The van der Waals surface area contributed by atoms with Crippen molar-refractivity contribution in [1.82, 2.24) is 4.90 Å². The molecule has 0 amide bonds. The molecule has 1 atom stereocenters. The van der Waals surface area contributed by atoms with Crippen LogP contribution in [0.3, 0.4) is 0 Å². The van der Waals surface area contributed by atoms with Crippen LogP contribution in [0.5, 0.6) is 0 Å². The number of likely N-dealkylation sites (N-methyl/N-ethyl adjacent to an activating group) is 1. The van der Waals surface area contributed by atoms with Crippen LogP contribution in [-0.2, 0) is 0 Å². The van der Waals surface area contributed by atoms with E-state index in [1.807, 2.05) is 34.9 Å². The predicted octanol–water partition coefficient (Wildman–Crippen LogP) is 0.921. The first-order valence-electron chi connectivity index (χ1n) is 3.53. The van der Waals surface area contributed by atoms with Gasteiger partial charge in [-0.3, -0.25) is 0 Å². The molecule has 58 valence electrons. The quantitative estimate of drug-likeness (QED) is 0.605. The Hall–Kier alpha value is -0.0800. The van der Waals surface area contributed by atoms with Crippen LogP contribution in [0.15, 0.2) is 0 Å². The molecule has 0 aliphatic heterocycles. The highest BCUT2D eigenvalue weighted by Gasteiger charge is 1.92. The van der Waals surface area contributed by atoms with E-state index in [9.17, 15) is 0 Å². The summed E-state index contributed by atoms with van der Waals surface area (Å²) in [6.45, 7) is 6.97. The third-order valence-corrected chi connectivity index (χ3v) is 0.653. The number of nitrogens with zero attached hydrogens (tertiary/aromatic N) is 1. The molecule has 0 spiro atoms. The molecule has 0 saturated heterocycles. The third-order valence-electron chi connectivity index (χ3n) is 0.653. The van der Waals surface area contributed by atoms with Crippen LogP contribution >= 0.6 is 0 Å². The first-order chi connectivity index (χ1) is 4.13. The first kappa shape index (κ1) is 11.7. The molecule has 0 saturated carbocycles. The molecule has 0 fully saturated rings. The number of hydrogen-bond donors (Lipinski definition) is 1. The Morgan fingerprint density at radius 3 is 1.67 bits per heavy atom. The Bertz CT molecular complexity index is 36.2. The van der Waals surface area contributed by atoms with E-state index < -0.39 is 0 Å². The van der Waals surface area contributed by atoms with Gasteiger partial charge in [-0.1, -0.05) is 13.8 Å². The van der Waals surface area contributed by atoms with E-state index in [-0.39, 0.29) is 0 Å². The minimum atomic E-state index is 0.301. The molecule has 0 aromatic carbocycles. The summed E-state index contributed by atoms with van der Waals surface area (Å²) < 4.78 is 0. The number of rotatable bonds is 2. The van der Waals surface area contributed by atoms with Crippen molar-refractivity contribution in [2.45, 2.75) is 26.8 Å². The molecule has 9 heavy (non-hydrogen) atoms. The van der Waals surface area contributed by atoms with E-state index in [1.54, 1.807) is 0 Å². The second kappa shape index (κ2) is 7.92. The molecule has 1 unspecified atom stereocenters. The monoisotopic (exact) mass is 132 g/mol. The summed E-state index contributed by atoms with van der Waals surface area (Å²) in [5.74, 6) is 0. The van der Waals surface area contributed by atoms with Crippen molar-refractivity contribution in [1.29, 1.82) is 0 Å². The summed E-state index contributed by atoms with van der Waals surface area (Å²) in [5, 5.41) is 0. The smallest absolute Gasteiger partial charge is 0.0138 e. The maximum absolute atomic E-state index is 5.45. The van der Waals surface area contributed by atoms with Crippen molar-refractivity contribution >= 4 is 0 Å². The molecule has 0 bridgehead atoms. The van der Waals surface area contributed by atoms with Crippen LogP contribution in [0.4, 0.5) is 0 Å². The highest BCUT2D eigenvalue weighted by molar-refractivity contribution is 4.54. The lowest BCUT2D eigenvalue weighted by Crippen LogP contribution is -2.29. The third kappa shape index (κ3) is 18.1. The molecule has 0 rings (SSSR count). The summed E-state index contributed by atoms with van der Waals surface area (Å²) in [7, 11) is 4.03. The fraction of sp³-hybridized carbons (Fsp3) is 1.00. The van der Waals surface area contributed by atoms with Gasteiger partial charge in [-0.05, 0) is 21.0 Å². The standard InChI is InChI=1S/C5H14N2.C2H6/c1-5(6)4-7(2)3;1-2/h5H,4,6H2,1-3H3;1-2H3. The average Bonchev–Trinajstić information content (AvgIpc) is 1.68. The van der Waals surface area contributed by atoms with E-state index in [1.165, 1.54) is 0 Å². The molecule has 0 radical (unpaired) electrons. The molecule has 0 aromatic rings. The van der Waals surface area contributed by atoms with Crippen molar-refractivity contribution in [2.75, 3.05) is 20.6 Å². The highest BCUT2D eigenvalue weighted by Crippen LogP contribution is 1.76. The van der Waals surface area contributed by atoms with Gasteiger partial charge < -0.3 is 10.6 Å². The Kier molecular flexibility index (Phi) is 10.3. The zero-order valence-electron chi connectivity index (χ0n) is 7.31. The van der Waals surface area contributed by atoms with E-state index >= 15 is 0 Å². The predicted molar refractivity (Wildman–Crippen MR) is 43.6 cm³/mol. The van der Waals surface area contributed by atoms with Gasteiger partial charge in [0.2, 0.25) is 0 Å². The largest absolute Gasteiger partial charge is 0.327 e. The first-order valence-corrected chi connectivity index (χ1v) is 3.53. The number of hydrogen-bond acceptors (Lipinski definition) is 2. The topological polar surface area (TPSA) is 29.3 Å². The lowest BCUT2D eigenvalue weighted by molar-refractivity contribution is 0.383. The molecular weight excluding hydrogens is 112 g/mol. The Balaban J connectivity index is 0. The van der Waals surface area contributed by atoms with E-state index in [2.05, 4.69) is 4.90 Å². The molecule has 0 heterocycles. The fourth-order valence-corrected chi connectivity index (χ4v) is 0.576. The fourth-order valence-electron chi connectivity index (χ4n) is 0.576. The zero-order valence-corrected chi connectivity index (χ0v) is 7.31. The Morgan fingerprint density at radius 2 is 1.67 bits per heavy atom. The lowest BCUT2D eigenvalue weighted by Gasteiger charge is -2.11. The van der Waals surface area contributed by atoms with Crippen LogP contribution in [-0.4, -0.2) is 31.6 Å². The minimum Gasteiger partial charge on any atom is -0.327 e. The van der Waals surface area contributed by atoms with Crippen LogP contribution in [0.2, 0.25) is 0 Å². The van der Waals surface area contributed by atoms with Crippen LogP contribution in [0, 0.1) is 0 Å². The van der Waals surface area contributed by atoms with Crippen LogP contribution in [0.25, 0.3) is 0 Å². The molecule has 2 nitrogen and oxygen atoms in total. The van der Waals surface area contributed by atoms with Crippen LogP contribution < -0.4 is 5.73 Å². The molecule has 0 aliphatic rings. The molecule has 0 aromatic heterocycles. The summed E-state index contributed by atoms with van der Waals surface area (Å²) in [5.41, 5.74) is 5.45. The van der Waals surface area contributed by atoms with Crippen molar-refractivity contribution in [2.24, 2.45) is 5.73 Å². The van der Waals surface area contributed by atoms with Crippen molar-refractivity contribution < 1.29 is 0 Å². The second-order valence-corrected chi connectivity index (χ2v) is 2.24. The van der Waals surface area contributed by atoms with Gasteiger partial charge in [-0.15, -0.1) is 0 Å². The van der Waals surface area contributed by atoms with Crippen molar-refractivity contribution in [3.8, 4) is 0 Å². The van der Waals surface area contributed by atoms with Gasteiger partial charge in [-0.2, -0.15) is 0 Å². The SMILES string of the molecule is CC.CC(N)CN(C)C. The Labute approximate surface area is 59.0 Å². The van der Waals surface area contributed by atoms with Crippen molar-refractivity contribution in [3.63, 3.8) is 0 Å². The Morgan fingerprint density at radius 1 is 1.33 bits per heavy atom. The summed E-state index contributed by atoms with van der Waals surface area (Å²) >= 11 is 0. The van der Waals surface area contributed by atoms with Gasteiger partial charge in [0.05, 0.1) is 0 Å². The summed E-state index contributed by atoms with van der Waals surface area (Å²) in [6, 6.07) is 0.301. The van der Waals surface area contributed by atoms with Crippen molar-refractivity contribution in [3.05, 3.63) is 0 Å². The maximum Gasteiger partial charge on any atom is 0.0138 e. The second-order valence-electron chi connectivity index (χ2n) is 2.24. The van der Waals surface area contributed by atoms with Gasteiger partial charge >= 0.3 is 0 Å². The zero-order chi connectivity index (χ0) is 7.86. The summed E-state index contributed by atoms with van der Waals surface area (Å²) in [6.07, 6.45) is 0. The average molecular weight is 132 g/mol. The van der Waals surface area contributed by atoms with E-state index in [4.69, 9.17) is 5.73 Å². The maximum atomic E-state index is 5.45. The van der Waals surface area contributed by atoms with E-state index in [0.717, 1.165) is 6.54 Å². The highest BCUT2D eigenvalue weighted by atomic mass is 15.1. The van der Waals surface area contributed by atoms with Gasteiger partial charge in [0.25, 0.3) is 0 Å². The lowest BCUT2D eigenvalue weighted by atomic mass is 10.3. The number of nitrogens with two attached hydrogens (primary N) is 1. The molecular formula is C7H20N2. The summed E-state index contributed by atoms with van der Waals surface area (Å²) in [4.78, 5) is 2.07. The van der Waals surface area contributed by atoms with Gasteiger partial charge in [0.15, 0.2) is 0 Å². The van der Waals surface area contributed by atoms with Gasteiger partial charge in [0.1, 0.15) is 0 Å². The molecule has 2 heteroatoms. The minimum absolute atomic E-state index is 0.301. The van der Waals surface area contributed by atoms with Gasteiger partial charge in [-0.25, -0.2) is 0 Å². The van der Waals surface area contributed by atoms with Gasteiger partial charge in [0, 0.05) is 12.6 Å². The normalized spacial score (nSPS) is 12.3. The molecule has 0 aliphatic carbocycles. The molecule has 2 N–H and O–H groups in total.